The van der Waals surface area contributed by atoms with Crippen molar-refractivity contribution in [2.75, 3.05) is 0 Å². The van der Waals surface area contributed by atoms with Gasteiger partial charge in [0.1, 0.15) is 0 Å². The molecule has 1 atom stereocenters. The molecule has 7 heteroatoms. The van der Waals surface area contributed by atoms with Gasteiger partial charge in [-0.3, -0.25) is 4.79 Å². The molecule has 0 radical (unpaired) electrons. The molecule has 5 rings (SSSR count). The summed E-state index contributed by atoms with van der Waals surface area (Å²) in [6.45, 7) is 2.26. The lowest BCUT2D eigenvalue weighted by Gasteiger charge is -2.18. The van der Waals surface area contributed by atoms with Gasteiger partial charge in [-0.05, 0) is 69.3 Å². The van der Waals surface area contributed by atoms with Crippen molar-refractivity contribution in [2.24, 2.45) is 5.92 Å². The monoisotopic (exact) mass is 426 g/mol. The predicted molar refractivity (Wildman–Crippen MR) is 113 cm³/mol. The number of hydrogen-bond acceptors (Lipinski definition) is 6. The molecule has 0 spiro atoms. The molecule has 6 nitrogen and oxygen atoms in total. The summed E-state index contributed by atoms with van der Waals surface area (Å²) in [5, 5.41) is 13.7. The Morgan fingerprint density at radius 1 is 1.13 bits per heavy atom. The fraction of sp³-hybridized carbons (Fsp3) is 0.565. The molecule has 1 N–H and O–H groups in total. The molecule has 2 aromatic heterocycles. The van der Waals surface area contributed by atoms with Gasteiger partial charge in [0.25, 0.3) is 5.89 Å². The van der Waals surface area contributed by atoms with E-state index in [1.54, 1.807) is 11.3 Å². The van der Waals surface area contributed by atoms with Gasteiger partial charge >= 0.3 is 5.97 Å². The summed E-state index contributed by atoms with van der Waals surface area (Å²) in [5.74, 6) is 1.31. The van der Waals surface area contributed by atoms with E-state index in [0.717, 1.165) is 61.2 Å². The highest BCUT2D eigenvalue weighted by Gasteiger charge is 2.33. The normalized spacial score (nSPS) is 21.6. The highest BCUT2D eigenvalue weighted by molar-refractivity contribution is 7.12. The van der Waals surface area contributed by atoms with Gasteiger partial charge in [0.05, 0.1) is 5.56 Å². The third-order valence-electron chi connectivity index (χ3n) is 6.57. The second-order valence-electron chi connectivity index (χ2n) is 8.95. The van der Waals surface area contributed by atoms with Crippen LogP contribution < -0.4 is 0 Å². The average Bonchev–Trinajstić information content (AvgIpc) is 3.36. The van der Waals surface area contributed by atoms with Crippen LogP contribution in [0.5, 0.6) is 0 Å². The van der Waals surface area contributed by atoms with Crippen molar-refractivity contribution in [3.8, 4) is 11.5 Å². The maximum absolute atomic E-state index is 13.2. The van der Waals surface area contributed by atoms with Gasteiger partial charge in [0.15, 0.2) is 11.6 Å². The minimum Gasteiger partial charge on any atom is -0.478 e. The Morgan fingerprint density at radius 3 is 2.63 bits per heavy atom. The lowest BCUT2D eigenvalue weighted by atomic mass is 9.86. The third-order valence-corrected chi connectivity index (χ3v) is 7.82. The van der Waals surface area contributed by atoms with Gasteiger partial charge in [-0.1, -0.05) is 12.1 Å². The van der Waals surface area contributed by atoms with Crippen molar-refractivity contribution in [1.29, 1.82) is 0 Å². The van der Waals surface area contributed by atoms with Gasteiger partial charge in [0, 0.05) is 33.2 Å². The molecular formula is C23H26N2O4S. The number of rotatable bonds is 6. The Hall–Kier alpha value is -2.28. The number of hydrogen-bond donors (Lipinski definition) is 1. The van der Waals surface area contributed by atoms with Crippen molar-refractivity contribution in [2.45, 2.75) is 77.0 Å². The van der Waals surface area contributed by atoms with E-state index in [2.05, 4.69) is 17.1 Å². The van der Waals surface area contributed by atoms with Crippen molar-refractivity contribution < 1.29 is 19.2 Å². The summed E-state index contributed by atoms with van der Waals surface area (Å²) in [6.07, 6.45) is 8.26. The standard InChI is InChI=1S/C23H26N2O4S/c1-12-6-9-16-18(10-12)30-19(20(16)22-24-21(25-29-22)13-7-8-13)11-17(26)14-4-2-3-5-15(14)23(27)28/h12-13H,2-11H2,1H3,(H,27,28). The first kappa shape index (κ1) is 19.7. The van der Waals surface area contributed by atoms with Crippen LogP contribution >= 0.6 is 11.3 Å². The number of ketones is 1. The van der Waals surface area contributed by atoms with Crippen LogP contribution in [0.25, 0.3) is 11.5 Å². The van der Waals surface area contributed by atoms with Crippen LogP contribution in [0.2, 0.25) is 0 Å². The van der Waals surface area contributed by atoms with Crippen LogP contribution in [0.3, 0.4) is 0 Å². The molecule has 1 saturated carbocycles. The first-order valence-electron chi connectivity index (χ1n) is 11.0. The first-order chi connectivity index (χ1) is 14.5. The largest absolute Gasteiger partial charge is 0.478 e. The molecule has 0 aliphatic heterocycles. The van der Waals surface area contributed by atoms with Crippen LogP contribution in [-0.2, 0) is 28.9 Å². The maximum atomic E-state index is 13.2. The second-order valence-corrected chi connectivity index (χ2v) is 10.1. The summed E-state index contributed by atoms with van der Waals surface area (Å²) >= 11 is 1.68. The second kappa shape index (κ2) is 7.76. The third kappa shape index (κ3) is 3.64. The van der Waals surface area contributed by atoms with E-state index in [0.29, 0.717) is 41.7 Å². The van der Waals surface area contributed by atoms with Crippen molar-refractivity contribution in [1.82, 2.24) is 10.1 Å². The van der Waals surface area contributed by atoms with E-state index in [1.165, 1.54) is 10.4 Å². The number of carbonyl (C=O) groups excluding carboxylic acids is 1. The molecule has 0 saturated heterocycles. The van der Waals surface area contributed by atoms with E-state index < -0.39 is 5.97 Å². The first-order valence-corrected chi connectivity index (χ1v) is 11.8. The molecule has 30 heavy (non-hydrogen) atoms. The molecular weight excluding hydrogens is 400 g/mol. The highest BCUT2D eigenvalue weighted by atomic mass is 32.1. The lowest BCUT2D eigenvalue weighted by Crippen LogP contribution is -2.17. The van der Waals surface area contributed by atoms with Crippen molar-refractivity contribution in [3.05, 3.63) is 32.3 Å². The molecule has 1 fully saturated rings. The maximum Gasteiger partial charge on any atom is 0.331 e. The molecule has 0 bridgehead atoms. The zero-order valence-corrected chi connectivity index (χ0v) is 18.0. The van der Waals surface area contributed by atoms with E-state index in [1.807, 2.05) is 0 Å². The molecule has 3 aliphatic carbocycles. The van der Waals surface area contributed by atoms with E-state index in [-0.39, 0.29) is 12.2 Å². The predicted octanol–water partition coefficient (Wildman–Crippen LogP) is 4.87. The molecule has 1 unspecified atom stereocenters. The minimum absolute atomic E-state index is 0.0677. The van der Waals surface area contributed by atoms with E-state index in [4.69, 9.17) is 4.52 Å². The molecule has 2 heterocycles. The Kier molecular flexibility index (Phi) is 5.09. The fourth-order valence-electron chi connectivity index (χ4n) is 4.73. The number of aromatic nitrogens is 2. The van der Waals surface area contributed by atoms with Gasteiger partial charge in [-0.2, -0.15) is 4.98 Å². The summed E-state index contributed by atoms with van der Waals surface area (Å²) in [5.41, 5.74) is 3.01. The van der Waals surface area contributed by atoms with Crippen LogP contribution in [0.4, 0.5) is 0 Å². The number of nitrogens with zero attached hydrogens (tertiary/aromatic N) is 2. The van der Waals surface area contributed by atoms with Gasteiger partial charge in [-0.25, -0.2) is 4.79 Å². The summed E-state index contributed by atoms with van der Waals surface area (Å²) in [7, 11) is 0. The van der Waals surface area contributed by atoms with E-state index >= 15 is 0 Å². The molecule has 3 aliphatic rings. The van der Waals surface area contributed by atoms with Crippen LogP contribution in [-0.4, -0.2) is 27.0 Å². The van der Waals surface area contributed by atoms with Gasteiger partial charge in [-0.15, -0.1) is 11.3 Å². The van der Waals surface area contributed by atoms with Crippen LogP contribution in [0.15, 0.2) is 15.7 Å². The van der Waals surface area contributed by atoms with Crippen LogP contribution in [0, 0.1) is 5.92 Å². The minimum atomic E-state index is -0.955. The van der Waals surface area contributed by atoms with Crippen molar-refractivity contribution in [3.63, 3.8) is 0 Å². The van der Waals surface area contributed by atoms with Gasteiger partial charge < -0.3 is 9.63 Å². The Labute approximate surface area is 179 Å². The Bertz CT molecular complexity index is 1040. The average molecular weight is 427 g/mol. The van der Waals surface area contributed by atoms with Crippen molar-refractivity contribution >= 4 is 23.1 Å². The Balaban J connectivity index is 1.52. The Morgan fingerprint density at radius 2 is 1.90 bits per heavy atom. The molecule has 0 aromatic carbocycles. The molecule has 0 amide bonds. The SMILES string of the molecule is CC1CCc2c(sc(CC(=O)C3=C(C(=O)O)CCCC3)c2-c2nc(C3CC3)no2)C1. The number of Topliss-reactive ketones (excluding diaryl/α,β-unsaturated/α-hetero) is 1. The highest BCUT2D eigenvalue weighted by Crippen LogP contribution is 2.44. The smallest absolute Gasteiger partial charge is 0.331 e. The zero-order valence-electron chi connectivity index (χ0n) is 17.2. The number of fused-ring (bicyclic) bond motifs is 1. The quantitative estimate of drug-likeness (QED) is 0.708. The number of carboxylic acids is 1. The number of thiophene rings is 1. The summed E-state index contributed by atoms with van der Waals surface area (Å²) in [4.78, 5) is 31.8. The zero-order chi connectivity index (χ0) is 20.8. The summed E-state index contributed by atoms with van der Waals surface area (Å²) in [6, 6.07) is 0. The fourth-order valence-corrected chi connectivity index (χ4v) is 6.23. The molecule has 158 valence electrons. The summed E-state index contributed by atoms with van der Waals surface area (Å²) < 4.78 is 5.66. The number of carboxylic acid groups (broad SMARTS) is 1. The molecule has 2 aromatic rings. The topological polar surface area (TPSA) is 93.3 Å². The van der Waals surface area contributed by atoms with Gasteiger partial charge in [0.2, 0.25) is 0 Å². The number of allylic oxidation sites excluding steroid dienone is 1. The van der Waals surface area contributed by atoms with Crippen LogP contribution in [0.1, 0.15) is 78.9 Å². The number of aliphatic carboxylic acids is 1. The van der Waals surface area contributed by atoms with E-state index in [9.17, 15) is 14.7 Å². The number of carbonyl (C=O) groups is 2. The lowest BCUT2D eigenvalue weighted by molar-refractivity contribution is -0.133.